The van der Waals surface area contributed by atoms with Crippen LogP contribution in [0.15, 0.2) is 53.3 Å². The number of aromatic nitrogens is 1. The summed E-state index contributed by atoms with van der Waals surface area (Å²) in [6.45, 7) is 0. The van der Waals surface area contributed by atoms with E-state index in [1.165, 1.54) is 30.7 Å². The Morgan fingerprint density at radius 1 is 1.19 bits per heavy atom. The Morgan fingerprint density at radius 2 is 1.95 bits per heavy atom. The lowest BCUT2D eigenvalue weighted by Crippen LogP contribution is -2.11. The van der Waals surface area contributed by atoms with Gasteiger partial charge in [0.2, 0.25) is 0 Å². The molecule has 1 amide bonds. The number of hydrogen-bond acceptors (Lipinski definition) is 5. The zero-order valence-electron chi connectivity index (χ0n) is 10.6. The van der Waals surface area contributed by atoms with E-state index < -0.39 is 4.92 Å². The van der Waals surface area contributed by atoms with Crippen LogP contribution in [0.2, 0.25) is 0 Å². The van der Waals surface area contributed by atoms with E-state index in [-0.39, 0.29) is 11.6 Å². The van der Waals surface area contributed by atoms with Crippen molar-refractivity contribution in [2.24, 2.45) is 0 Å². The summed E-state index contributed by atoms with van der Waals surface area (Å²) in [5.41, 5.74) is 2.06. The van der Waals surface area contributed by atoms with E-state index in [0.717, 1.165) is 0 Å². The van der Waals surface area contributed by atoms with Crippen molar-refractivity contribution >= 4 is 28.4 Å². The van der Waals surface area contributed by atoms with Crippen molar-refractivity contribution in [1.29, 1.82) is 0 Å². The molecule has 0 aliphatic carbocycles. The van der Waals surface area contributed by atoms with E-state index in [4.69, 9.17) is 4.42 Å². The number of carbonyl (C=O) groups is 1. The zero-order valence-corrected chi connectivity index (χ0v) is 10.6. The summed E-state index contributed by atoms with van der Waals surface area (Å²) in [6.07, 6.45) is 1.31. The minimum absolute atomic E-state index is 0.0305. The summed E-state index contributed by atoms with van der Waals surface area (Å²) in [4.78, 5) is 26.1. The van der Waals surface area contributed by atoms with Crippen molar-refractivity contribution in [3.8, 4) is 0 Å². The third kappa shape index (κ3) is 2.57. The molecule has 1 N–H and O–H groups in total. The van der Waals surface area contributed by atoms with Gasteiger partial charge in [0.15, 0.2) is 12.0 Å². The lowest BCUT2D eigenvalue weighted by Gasteiger charge is -2.04. The molecule has 0 saturated heterocycles. The number of oxazole rings is 1. The Labute approximate surface area is 118 Å². The molecular weight excluding hydrogens is 274 g/mol. The zero-order chi connectivity index (χ0) is 14.8. The molecule has 0 aliphatic heterocycles. The Morgan fingerprint density at radius 3 is 2.67 bits per heavy atom. The molecule has 1 aromatic heterocycles. The smallest absolute Gasteiger partial charge is 0.269 e. The molecule has 0 atom stereocenters. The number of benzene rings is 2. The van der Waals surface area contributed by atoms with Crippen molar-refractivity contribution in [2.45, 2.75) is 0 Å². The number of nitro benzene ring substituents is 1. The maximum atomic E-state index is 12.1. The molecule has 7 heteroatoms. The van der Waals surface area contributed by atoms with Crippen LogP contribution in [0.25, 0.3) is 11.1 Å². The third-order valence-electron chi connectivity index (χ3n) is 2.93. The Balaban J connectivity index is 1.80. The fourth-order valence-electron chi connectivity index (χ4n) is 1.87. The van der Waals surface area contributed by atoms with Crippen LogP contribution in [0, 0.1) is 10.1 Å². The number of amides is 1. The minimum Gasteiger partial charge on any atom is -0.443 e. The van der Waals surface area contributed by atoms with Crippen molar-refractivity contribution in [3.05, 3.63) is 64.5 Å². The van der Waals surface area contributed by atoms with Crippen molar-refractivity contribution < 1.29 is 14.1 Å². The van der Waals surface area contributed by atoms with Gasteiger partial charge in [-0.2, -0.15) is 0 Å². The summed E-state index contributed by atoms with van der Waals surface area (Å²) in [5, 5.41) is 13.2. The molecule has 0 radical (unpaired) electrons. The van der Waals surface area contributed by atoms with Crippen LogP contribution in [-0.2, 0) is 0 Å². The van der Waals surface area contributed by atoms with Crippen LogP contribution in [0.5, 0.6) is 0 Å². The fourth-order valence-corrected chi connectivity index (χ4v) is 1.87. The number of nitro groups is 1. The molecule has 3 rings (SSSR count). The number of nitrogens with zero attached hydrogens (tertiary/aromatic N) is 2. The first-order valence-electron chi connectivity index (χ1n) is 6.02. The minimum atomic E-state index is -0.496. The monoisotopic (exact) mass is 283 g/mol. The highest BCUT2D eigenvalue weighted by Gasteiger charge is 2.10. The fraction of sp³-hybridized carbons (Fsp3) is 0. The van der Waals surface area contributed by atoms with Gasteiger partial charge in [0.1, 0.15) is 5.52 Å². The molecule has 0 bridgehead atoms. The number of carbonyl (C=O) groups excluding carboxylic acids is 1. The van der Waals surface area contributed by atoms with Crippen molar-refractivity contribution in [2.75, 3.05) is 5.32 Å². The number of non-ortho nitro benzene ring substituents is 1. The van der Waals surface area contributed by atoms with Crippen molar-refractivity contribution in [1.82, 2.24) is 4.98 Å². The molecule has 0 fully saturated rings. The molecule has 0 aliphatic rings. The van der Waals surface area contributed by atoms with E-state index in [9.17, 15) is 14.9 Å². The molecular formula is C14H9N3O4. The van der Waals surface area contributed by atoms with E-state index in [2.05, 4.69) is 10.3 Å². The highest BCUT2D eigenvalue weighted by atomic mass is 16.6. The third-order valence-corrected chi connectivity index (χ3v) is 2.93. The average Bonchev–Trinajstić information content (AvgIpc) is 2.95. The summed E-state index contributed by atoms with van der Waals surface area (Å²) < 4.78 is 5.10. The molecule has 0 saturated carbocycles. The molecule has 1 heterocycles. The number of anilines is 1. The predicted octanol–water partition coefficient (Wildman–Crippen LogP) is 2.99. The van der Waals surface area contributed by atoms with Crippen LogP contribution >= 0.6 is 0 Å². The molecule has 104 valence electrons. The number of fused-ring (bicyclic) bond motifs is 1. The first-order valence-corrected chi connectivity index (χ1v) is 6.02. The number of hydrogen-bond donors (Lipinski definition) is 1. The van der Waals surface area contributed by atoms with Gasteiger partial charge in [-0.1, -0.05) is 0 Å². The lowest BCUT2D eigenvalue weighted by atomic mass is 10.2. The van der Waals surface area contributed by atoms with E-state index in [1.54, 1.807) is 18.2 Å². The van der Waals surface area contributed by atoms with Gasteiger partial charge in [-0.3, -0.25) is 14.9 Å². The van der Waals surface area contributed by atoms with Crippen molar-refractivity contribution in [3.63, 3.8) is 0 Å². The van der Waals surface area contributed by atoms with Crippen LogP contribution in [0.3, 0.4) is 0 Å². The first kappa shape index (κ1) is 12.8. The Hall–Kier alpha value is -3.22. The van der Waals surface area contributed by atoms with Gasteiger partial charge in [0.05, 0.1) is 4.92 Å². The van der Waals surface area contributed by atoms with E-state index in [1.807, 2.05) is 0 Å². The van der Waals surface area contributed by atoms with Gasteiger partial charge in [0, 0.05) is 23.4 Å². The standard InChI is InChI=1S/C14H9N3O4/c18-14(9-1-6-13-12(7-9)15-8-21-13)16-10-2-4-11(5-3-10)17(19)20/h1-8H,(H,16,18). The first-order chi connectivity index (χ1) is 10.1. The molecule has 2 aromatic carbocycles. The quantitative estimate of drug-likeness (QED) is 0.588. The number of nitrogens with one attached hydrogen (secondary N) is 1. The normalized spacial score (nSPS) is 10.5. The maximum absolute atomic E-state index is 12.1. The van der Waals surface area contributed by atoms with Crippen LogP contribution in [-0.4, -0.2) is 15.8 Å². The topological polar surface area (TPSA) is 98.3 Å². The van der Waals surface area contributed by atoms with Crippen LogP contribution in [0.1, 0.15) is 10.4 Å². The highest BCUT2D eigenvalue weighted by Crippen LogP contribution is 2.18. The van der Waals surface area contributed by atoms with Gasteiger partial charge >= 0.3 is 0 Å². The Bertz CT molecular complexity index is 824. The Kier molecular flexibility index (Phi) is 3.07. The summed E-state index contributed by atoms with van der Waals surface area (Å²) in [6, 6.07) is 10.5. The molecule has 0 unspecified atom stereocenters. The summed E-state index contributed by atoms with van der Waals surface area (Å²) in [7, 11) is 0. The maximum Gasteiger partial charge on any atom is 0.269 e. The summed E-state index contributed by atoms with van der Waals surface area (Å²) >= 11 is 0. The molecule has 0 spiro atoms. The van der Waals surface area contributed by atoms with E-state index >= 15 is 0 Å². The SMILES string of the molecule is O=C(Nc1ccc([N+](=O)[O-])cc1)c1ccc2ocnc2c1. The predicted molar refractivity (Wildman–Crippen MR) is 75.1 cm³/mol. The van der Waals surface area contributed by atoms with Gasteiger partial charge in [-0.05, 0) is 30.3 Å². The van der Waals surface area contributed by atoms with Gasteiger partial charge in [0.25, 0.3) is 11.6 Å². The molecule has 21 heavy (non-hydrogen) atoms. The number of rotatable bonds is 3. The lowest BCUT2D eigenvalue weighted by molar-refractivity contribution is -0.384. The average molecular weight is 283 g/mol. The van der Waals surface area contributed by atoms with Gasteiger partial charge in [-0.25, -0.2) is 4.98 Å². The van der Waals surface area contributed by atoms with Gasteiger partial charge in [-0.15, -0.1) is 0 Å². The van der Waals surface area contributed by atoms with Gasteiger partial charge < -0.3 is 9.73 Å². The van der Waals surface area contributed by atoms with Crippen LogP contribution < -0.4 is 5.32 Å². The molecule has 7 nitrogen and oxygen atoms in total. The van der Waals surface area contributed by atoms with E-state index in [0.29, 0.717) is 22.4 Å². The largest absolute Gasteiger partial charge is 0.443 e. The second-order valence-corrected chi connectivity index (χ2v) is 4.29. The second-order valence-electron chi connectivity index (χ2n) is 4.29. The van der Waals surface area contributed by atoms with Crippen LogP contribution in [0.4, 0.5) is 11.4 Å². The second kappa shape index (κ2) is 5.04. The summed E-state index contributed by atoms with van der Waals surface area (Å²) in [5.74, 6) is -0.325. The molecule has 3 aromatic rings. The highest BCUT2D eigenvalue weighted by molar-refractivity contribution is 6.05.